The Balaban J connectivity index is 2.22. The number of hydrazine groups is 1. The maximum absolute atomic E-state index is 12.8. The van der Waals surface area contributed by atoms with Gasteiger partial charge in [-0.25, -0.2) is 9.82 Å². The van der Waals surface area contributed by atoms with Crippen molar-refractivity contribution in [1.82, 2.24) is 16.2 Å². The Hall–Kier alpha value is -1.95. The number of amides is 2. The van der Waals surface area contributed by atoms with Gasteiger partial charge < -0.3 is 5.32 Å². The third-order valence-corrected chi connectivity index (χ3v) is 2.55. The first-order chi connectivity index (χ1) is 8.08. The molecular formula is C11H12FN3O2. The van der Waals surface area contributed by atoms with Crippen LogP contribution < -0.4 is 16.2 Å². The van der Waals surface area contributed by atoms with Gasteiger partial charge in [0.2, 0.25) is 5.91 Å². The van der Waals surface area contributed by atoms with Crippen molar-refractivity contribution in [3.8, 4) is 0 Å². The summed E-state index contributed by atoms with van der Waals surface area (Å²) in [4.78, 5) is 22.5. The van der Waals surface area contributed by atoms with E-state index in [9.17, 15) is 14.0 Å². The summed E-state index contributed by atoms with van der Waals surface area (Å²) in [5.41, 5.74) is 5.93. The van der Waals surface area contributed by atoms with E-state index in [0.29, 0.717) is 0 Å². The molecule has 6 heteroatoms. The van der Waals surface area contributed by atoms with Crippen molar-refractivity contribution in [3.05, 3.63) is 35.6 Å². The maximum atomic E-state index is 12.8. The molecule has 1 aliphatic heterocycles. The Morgan fingerprint density at radius 2 is 2.00 bits per heavy atom. The summed E-state index contributed by atoms with van der Waals surface area (Å²) in [6.07, 6.45) is 0. The van der Waals surface area contributed by atoms with E-state index in [1.165, 1.54) is 19.1 Å². The van der Waals surface area contributed by atoms with Crippen molar-refractivity contribution in [3.63, 3.8) is 0 Å². The number of hydrogen-bond acceptors (Lipinski definition) is 3. The lowest BCUT2D eigenvalue weighted by molar-refractivity contribution is -0.126. The molecule has 0 spiro atoms. The predicted octanol–water partition coefficient (Wildman–Crippen LogP) is 0.00590. The first-order valence-corrected chi connectivity index (χ1v) is 5.16. The molecule has 2 atom stereocenters. The molecule has 90 valence electrons. The van der Waals surface area contributed by atoms with E-state index in [2.05, 4.69) is 16.2 Å². The molecule has 2 unspecified atom stereocenters. The van der Waals surface area contributed by atoms with E-state index in [0.717, 1.165) is 5.56 Å². The van der Waals surface area contributed by atoms with Crippen molar-refractivity contribution in [2.24, 2.45) is 0 Å². The molecule has 0 saturated carbocycles. The van der Waals surface area contributed by atoms with Crippen LogP contribution in [0.25, 0.3) is 0 Å². The maximum Gasteiger partial charge on any atom is 0.258 e. The lowest BCUT2D eigenvalue weighted by Crippen LogP contribution is -2.41. The van der Waals surface area contributed by atoms with Gasteiger partial charge in [0.1, 0.15) is 11.9 Å². The number of hydrogen-bond donors (Lipinski definition) is 3. The average Bonchev–Trinajstić information content (AvgIpc) is 2.61. The minimum absolute atomic E-state index is 0.291. The summed E-state index contributed by atoms with van der Waals surface area (Å²) in [5.74, 6) is -0.947. The standard InChI is InChI=1S/C11H12FN3O2/c1-6(16)13-10-9(14-15-11(10)17)7-2-4-8(12)5-3-7/h2-5,9-10,14H,1H3,(H,13,16)(H,15,17). The van der Waals surface area contributed by atoms with Gasteiger partial charge in [-0.2, -0.15) is 0 Å². The van der Waals surface area contributed by atoms with Gasteiger partial charge in [-0.1, -0.05) is 12.1 Å². The molecule has 3 N–H and O–H groups in total. The van der Waals surface area contributed by atoms with Crippen LogP contribution in [0, 0.1) is 5.82 Å². The van der Waals surface area contributed by atoms with Gasteiger partial charge in [-0.3, -0.25) is 15.0 Å². The van der Waals surface area contributed by atoms with Gasteiger partial charge in [0.05, 0.1) is 6.04 Å². The molecule has 1 aliphatic rings. The van der Waals surface area contributed by atoms with Gasteiger partial charge in [-0.15, -0.1) is 0 Å². The lowest BCUT2D eigenvalue weighted by atomic mass is 10.0. The van der Waals surface area contributed by atoms with Crippen LogP contribution in [0.2, 0.25) is 0 Å². The molecule has 0 aliphatic carbocycles. The van der Waals surface area contributed by atoms with Crippen LogP contribution in [0.15, 0.2) is 24.3 Å². The smallest absolute Gasteiger partial charge is 0.258 e. The fourth-order valence-electron chi connectivity index (χ4n) is 1.78. The van der Waals surface area contributed by atoms with Crippen molar-refractivity contribution in [2.45, 2.75) is 19.0 Å². The van der Waals surface area contributed by atoms with Crippen molar-refractivity contribution < 1.29 is 14.0 Å². The molecule has 17 heavy (non-hydrogen) atoms. The zero-order valence-electron chi connectivity index (χ0n) is 9.16. The van der Waals surface area contributed by atoms with E-state index in [1.54, 1.807) is 12.1 Å². The second-order valence-corrected chi connectivity index (χ2v) is 3.84. The fourth-order valence-corrected chi connectivity index (χ4v) is 1.78. The second kappa shape index (κ2) is 4.50. The highest BCUT2D eigenvalue weighted by Crippen LogP contribution is 2.20. The zero-order chi connectivity index (χ0) is 12.4. The van der Waals surface area contributed by atoms with Crippen molar-refractivity contribution in [2.75, 3.05) is 0 Å². The molecule has 1 aromatic rings. The summed E-state index contributed by atoms with van der Waals surface area (Å²) < 4.78 is 12.8. The minimum Gasteiger partial charge on any atom is -0.343 e. The topological polar surface area (TPSA) is 70.2 Å². The largest absolute Gasteiger partial charge is 0.343 e. The summed E-state index contributed by atoms with van der Waals surface area (Å²) in [5, 5.41) is 2.55. The van der Waals surface area contributed by atoms with Crippen LogP contribution in [0.3, 0.4) is 0 Å². The Kier molecular flexibility index (Phi) is 3.06. The summed E-state index contributed by atoms with van der Waals surface area (Å²) in [7, 11) is 0. The molecule has 1 saturated heterocycles. The fraction of sp³-hybridized carbons (Fsp3) is 0.273. The van der Waals surface area contributed by atoms with Crippen molar-refractivity contribution in [1.29, 1.82) is 0 Å². The highest BCUT2D eigenvalue weighted by atomic mass is 19.1. The van der Waals surface area contributed by atoms with E-state index < -0.39 is 12.1 Å². The normalized spacial score (nSPS) is 23.3. The minimum atomic E-state index is -0.682. The Morgan fingerprint density at radius 3 is 2.59 bits per heavy atom. The molecule has 1 aromatic carbocycles. The Bertz CT molecular complexity index is 447. The SMILES string of the molecule is CC(=O)NC1C(=O)NNC1c1ccc(F)cc1. The van der Waals surface area contributed by atoms with Crippen molar-refractivity contribution >= 4 is 11.8 Å². The van der Waals surface area contributed by atoms with Gasteiger partial charge in [0.15, 0.2) is 0 Å². The molecule has 2 rings (SSSR count). The molecule has 0 bridgehead atoms. The highest BCUT2D eigenvalue weighted by molar-refractivity contribution is 5.89. The molecule has 1 heterocycles. The number of carbonyl (C=O) groups excluding carboxylic acids is 2. The summed E-state index contributed by atoms with van der Waals surface area (Å²) in [6.45, 7) is 1.34. The molecular weight excluding hydrogens is 225 g/mol. The molecule has 5 nitrogen and oxygen atoms in total. The average molecular weight is 237 g/mol. The third kappa shape index (κ3) is 2.42. The van der Waals surface area contributed by atoms with Gasteiger partial charge in [-0.05, 0) is 17.7 Å². The lowest BCUT2D eigenvalue weighted by Gasteiger charge is -2.17. The summed E-state index contributed by atoms with van der Waals surface area (Å²) in [6, 6.07) is 4.68. The number of benzene rings is 1. The van der Waals surface area contributed by atoms with Crippen LogP contribution in [0.5, 0.6) is 0 Å². The summed E-state index contributed by atoms with van der Waals surface area (Å²) >= 11 is 0. The van der Waals surface area contributed by atoms with Crippen LogP contribution in [-0.4, -0.2) is 17.9 Å². The predicted molar refractivity (Wildman–Crippen MR) is 58.0 cm³/mol. The van der Waals surface area contributed by atoms with Gasteiger partial charge in [0.25, 0.3) is 5.91 Å². The van der Waals surface area contributed by atoms with Gasteiger partial charge in [0, 0.05) is 6.92 Å². The van der Waals surface area contributed by atoms with E-state index in [-0.39, 0.29) is 17.6 Å². The first kappa shape index (κ1) is 11.5. The van der Waals surface area contributed by atoms with Crippen LogP contribution in [0.1, 0.15) is 18.5 Å². The monoisotopic (exact) mass is 237 g/mol. The quantitative estimate of drug-likeness (QED) is 0.678. The number of rotatable bonds is 2. The molecule has 0 radical (unpaired) electrons. The van der Waals surface area contributed by atoms with Crippen LogP contribution in [0.4, 0.5) is 4.39 Å². The Morgan fingerprint density at radius 1 is 1.35 bits per heavy atom. The molecule has 1 fully saturated rings. The Labute approximate surface area is 97.4 Å². The number of carbonyl (C=O) groups is 2. The number of nitrogens with one attached hydrogen (secondary N) is 3. The van der Waals surface area contributed by atoms with E-state index >= 15 is 0 Å². The van der Waals surface area contributed by atoms with Gasteiger partial charge >= 0.3 is 0 Å². The number of halogens is 1. The first-order valence-electron chi connectivity index (χ1n) is 5.16. The highest BCUT2D eigenvalue weighted by Gasteiger charge is 2.36. The third-order valence-electron chi connectivity index (χ3n) is 2.55. The van der Waals surface area contributed by atoms with E-state index in [4.69, 9.17) is 0 Å². The second-order valence-electron chi connectivity index (χ2n) is 3.84. The zero-order valence-corrected chi connectivity index (χ0v) is 9.16. The molecule has 0 aromatic heterocycles. The van der Waals surface area contributed by atoms with Crippen LogP contribution in [-0.2, 0) is 9.59 Å². The van der Waals surface area contributed by atoms with E-state index in [1.807, 2.05) is 0 Å². The van der Waals surface area contributed by atoms with Crippen LogP contribution >= 0.6 is 0 Å². The molecule has 2 amide bonds.